The van der Waals surface area contributed by atoms with E-state index in [1.165, 1.54) is 5.56 Å². The minimum absolute atomic E-state index is 0.100. The van der Waals surface area contributed by atoms with Crippen LogP contribution in [0, 0.1) is 0 Å². The first kappa shape index (κ1) is 10.8. The molecule has 0 saturated heterocycles. The van der Waals surface area contributed by atoms with Gasteiger partial charge in [0, 0.05) is 18.4 Å². The van der Waals surface area contributed by atoms with Gasteiger partial charge in [0.05, 0.1) is 0 Å². The lowest BCUT2D eigenvalue weighted by Gasteiger charge is -2.11. The van der Waals surface area contributed by atoms with Crippen LogP contribution in [0.5, 0.6) is 0 Å². The van der Waals surface area contributed by atoms with Gasteiger partial charge in [0.2, 0.25) is 0 Å². The average molecular weight is 212 g/mol. The first-order valence-corrected chi connectivity index (χ1v) is 5.55. The minimum atomic E-state index is 0.100. The molecule has 1 atom stereocenters. The number of rotatable bonds is 4. The molecule has 0 spiro atoms. The maximum atomic E-state index is 6.12. The minimum Gasteiger partial charge on any atom is -0.324 e. The Morgan fingerprint density at radius 2 is 1.69 bits per heavy atom. The molecule has 2 N–H and O–H groups in total. The summed E-state index contributed by atoms with van der Waals surface area (Å²) in [6.07, 6.45) is 5.56. The van der Waals surface area contributed by atoms with Crippen molar-refractivity contribution < 1.29 is 0 Å². The fourth-order valence-corrected chi connectivity index (χ4v) is 1.74. The summed E-state index contributed by atoms with van der Waals surface area (Å²) in [5, 5.41) is 0. The Balaban J connectivity index is 1.92. The second kappa shape index (κ2) is 5.42. The van der Waals surface area contributed by atoms with E-state index >= 15 is 0 Å². The van der Waals surface area contributed by atoms with Crippen LogP contribution in [0.15, 0.2) is 54.9 Å². The third kappa shape index (κ3) is 2.91. The Bertz CT molecular complexity index is 411. The average Bonchev–Trinajstić information content (AvgIpc) is 2.38. The van der Waals surface area contributed by atoms with Gasteiger partial charge in [-0.3, -0.25) is 4.98 Å². The van der Waals surface area contributed by atoms with Gasteiger partial charge >= 0.3 is 0 Å². The third-order valence-corrected chi connectivity index (χ3v) is 2.72. The third-order valence-electron chi connectivity index (χ3n) is 2.72. The van der Waals surface area contributed by atoms with Gasteiger partial charge in [-0.25, -0.2) is 0 Å². The number of aromatic nitrogens is 1. The van der Waals surface area contributed by atoms with E-state index in [9.17, 15) is 0 Å². The number of nitrogens with two attached hydrogens (primary N) is 1. The quantitative estimate of drug-likeness (QED) is 0.846. The highest BCUT2D eigenvalue weighted by atomic mass is 14.6. The molecule has 0 unspecified atom stereocenters. The van der Waals surface area contributed by atoms with Gasteiger partial charge in [-0.2, -0.15) is 0 Å². The van der Waals surface area contributed by atoms with E-state index in [4.69, 9.17) is 5.73 Å². The van der Waals surface area contributed by atoms with Crippen molar-refractivity contribution in [2.24, 2.45) is 5.73 Å². The van der Waals surface area contributed by atoms with Gasteiger partial charge in [-0.1, -0.05) is 30.3 Å². The summed E-state index contributed by atoms with van der Waals surface area (Å²) in [7, 11) is 0. The van der Waals surface area contributed by atoms with Gasteiger partial charge in [0.25, 0.3) is 0 Å². The summed E-state index contributed by atoms with van der Waals surface area (Å²) in [5.41, 5.74) is 8.61. The fourth-order valence-electron chi connectivity index (χ4n) is 1.74. The lowest BCUT2D eigenvalue weighted by atomic mass is 10.0. The Hall–Kier alpha value is -1.67. The number of hydrogen-bond acceptors (Lipinski definition) is 2. The second-order valence-electron chi connectivity index (χ2n) is 3.91. The van der Waals surface area contributed by atoms with Crippen molar-refractivity contribution in [1.29, 1.82) is 0 Å². The van der Waals surface area contributed by atoms with Gasteiger partial charge in [0.15, 0.2) is 0 Å². The van der Waals surface area contributed by atoms with Crippen LogP contribution in [0.3, 0.4) is 0 Å². The van der Waals surface area contributed by atoms with Crippen LogP contribution in [-0.2, 0) is 6.42 Å². The summed E-state index contributed by atoms with van der Waals surface area (Å²) in [4.78, 5) is 3.99. The van der Waals surface area contributed by atoms with Crippen molar-refractivity contribution in [1.82, 2.24) is 4.98 Å². The highest BCUT2D eigenvalue weighted by Crippen LogP contribution is 2.15. The molecular formula is C14H16N2. The van der Waals surface area contributed by atoms with Crippen molar-refractivity contribution in [2.75, 3.05) is 0 Å². The van der Waals surface area contributed by atoms with E-state index in [-0.39, 0.29) is 6.04 Å². The summed E-state index contributed by atoms with van der Waals surface area (Å²) in [5.74, 6) is 0. The van der Waals surface area contributed by atoms with Gasteiger partial charge in [-0.15, -0.1) is 0 Å². The van der Waals surface area contributed by atoms with E-state index in [1.807, 2.05) is 18.2 Å². The summed E-state index contributed by atoms with van der Waals surface area (Å²) >= 11 is 0. The zero-order valence-electron chi connectivity index (χ0n) is 9.21. The zero-order valence-corrected chi connectivity index (χ0v) is 9.21. The first-order chi connectivity index (χ1) is 7.86. The zero-order chi connectivity index (χ0) is 11.2. The molecule has 0 aliphatic rings. The van der Waals surface area contributed by atoms with Crippen molar-refractivity contribution in [3.8, 4) is 0 Å². The largest absolute Gasteiger partial charge is 0.324 e. The molecule has 82 valence electrons. The molecule has 0 bridgehead atoms. The first-order valence-electron chi connectivity index (χ1n) is 5.55. The predicted molar refractivity (Wildman–Crippen MR) is 65.9 cm³/mol. The van der Waals surface area contributed by atoms with Crippen LogP contribution in [0.4, 0.5) is 0 Å². The standard InChI is InChI=1S/C14H16N2/c15-14(13-8-10-16-11-9-13)7-6-12-4-2-1-3-5-12/h1-5,8-11,14H,6-7,15H2/t14-/m1/s1. The van der Waals surface area contributed by atoms with E-state index in [0.717, 1.165) is 18.4 Å². The molecule has 1 aromatic carbocycles. The van der Waals surface area contributed by atoms with Gasteiger partial charge in [-0.05, 0) is 36.1 Å². The fraction of sp³-hybridized carbons (Fsp3) is 0.214. The summed E-state index contributed by atoms with van der Waals surface area (Å²) < 4.78 is 0. The molecule has 1 heterocycles. The van der Waals surface area contributed by atoms with E-state index < -0.39 is 0 Å². The van der Waals surface area contributed by atoms with Crippen molar-refractivity contribution in [3.63, 3.8) is 0 Å². The van der Waals surface area contributed by atoms with Crippen LogP contribution in [0.25, 0.3) is 0 Å². The molecule has 2 heteroatoms. The van der Waals surface area contributed by atoms with E-state index in [1.54, 1.807) is 12.4 Å². The molecule has 16 heavy (non-hydrogen) atoms. The monoisotopic (exact) mass is 212 g/mol. The summed E-state index contributed by atoms with van der Waals surface area (Å²) in [6, 6.07) is 14.5. The van der Waals surface area contributed by atoms with Gasteiger partial charge in [0.1, 0.15) is 0 Å². The lowest BCUT2D eigenvalue weighted by molar-refractivity contribution is 0.650. The Morgan fingerprint density at radius 1 is 1.00 bits per heavy atom. The number of aryl methyl sites for hydroxylation is 1. The highest BCUT2D eigenvalue weighted by molar-refractivity contribution is 5.17. The molecule has 2 aromatic rings. The number of hydrogen-bond donors (Lipinski definition) is 1. The molecule has 0 fully saturated rings. The van der Waals surface area contributed by atoms with Crippen LogP contribution in [0.1, 0.15) is 23.6 Å². The lowest BCUT2D eigenvalue weighted by Crippen LogP contribution is -2.11. The van der Waals surface area contributed by atoms with Crippen LogP contribution < -0.4 is 5.73 Å². The van der Waals surface area contributed by atoms with Crippen molar-refractivity contribution in [3.05, 3.63) is 66.0 Å². The molecule has 0 amide bonds. The number of pyridine rings is 1. The molecule has 0 aliphatic carbocycles. The molecule has 0 saturated carbocycles. The normalized spacial score (nSPS) is 12.3. The van der Waals surface area contributed by atoms with Crippen LogP contribution in [0.2, 0.25) is 0 Å². The Labute approximate surface area is 96.1 Å². The SMILES string of the molecule is N[C@H](CCc1ccccc1)c1ccncc1. The number of nitrogens with zero attached hydrogens (tertiary/aromatic N) is 1. The van der Waals surface area contributed by atoms with Crippen molar-refractivity contribution in [2.45, 2.75) is 18.9 Å². The summed E-state index contributed by atoms with van der Waals surface area (Å²) in [6.45, 7) is 0. The smallest absolute Gasteiger partial charge is 0.0299 e. The topological polar surface area (TPSA) is 38.9 Å². The molecule has 1 aromatic heterocycles. The Kier molecular flexibility index (Phi) is 3.67. The molecule has 2 nitrogen and oxygen atoms in total. The predicted octanol–water partition coefficient (Wildman–Crippen LogP) is 2.71. The van der Waals surface area contributed by atoms with E-state index in [2.05, 4.69) is 29.2 Å². The van der Waals surface area contributed by atoms with E-state index in [0.29, 0.717) is 0 Å². The maximum Gasteiger partial charge on any atom is 0.0299 e. The molecule has 0 radical (unpaired) electrons. The van der Waals surface area contributed by atoms with Crippen molar-refractivity contribution >= 4 is 0 Å². The second-order valence-corrected chi connectivity index (χ2v) is 3.91. The molecule has 2 rings (SSSR count). The Morgan fingerprint density at radius 3 is 2.38 bits per heavy atom. The van der Waals surface area contributed by atoms with Crippen LogP contribution >= 0.6 is 0 Å². The van der Waals surface area contributed by atoms with Crippen LogP contribution in [-0.4, -0.2) is 4.98 Å². The van der Waals surface area contributed by atoms with Gasteiger partial charge < -0.3 is 5.73 Å². The molecule has 0 aliphatic heterocycles. The maximum absolute atomic E-state index is 6.12. The number of benzene rings is 1. The highest BCUT2D eigenvalue weighted by Gasteiger charge is 2.05. The molecular weight excluding hydrogens is 196 g/mol.